The Hall–Kier alpha value is -3.88. The number of carbonyl (C=O) groups is 1. The second kappa shape index (κ2) is 8.72. The largest absolute Gasteiger partial charge is 0.363 e. The monoisotopic (exact) mass is 479 g/mol. The number of nitrogens with one attached hydrogen (secondary N) is 1. The Morgan fingerprint density at radius 2 is 1.77 bits per heavy atom. The van der Waals surface area contributed by atoms with E-state index < -0.39 is 23.8 Å². The van der Waals surface area contributed by atoms with Crippen molar-refractivity contribution in [1.29, 1.82) is 0 Å². The molecule has 1 unspecified atom stereocenters. The van der Waals surface area contributed by atoms with Crippen molar-refractivity contribution in [2.75, 3.05) is 12.4 Å². The Morgan fingerprint density at radius 1 is 1.06 bits per heavy atom. The van der Waals surface area contributed by atoms with Crippen LogP contribution in [0.2, 0.25) is 0 Å². The van der Waals surface area contributed by atoms with Gasteiger partial charge in [0.15, 0.2) is 0 Å². The number of fused-ring (bicyclic) bond motifs is 3. The lowest BCUT2D eigenvalue weighted by Gasteiger charge is -2.34. The number of anilines is 1. The lowest BCUT2D eigenvalue weighted by atomic mass is 10.0. The maximum atomic E-state index is 14.8. The molecule has 2 aromatic carbocycles. The Labute approximate surface area is 200 Å². The van der Waals surface area contributed by atoms with E-state index in [-0.39, 0.29) is 24.1 Å². The number of hydrogen-bond acceptors (Lipinski definition) is 4. The smallest absolute Gasteiger partial charge is 0.266 e. The van der Waals surface area contributed by atoms with Crippen LogP contribution in [0.3, 0.4) is 0 Å². The van der Waals surface area contributed by atoms with Crippen LogP contribution < -0.4 is 5.32 Å². The van der Waals surface area contributed by atoms with Crippen LogP contribution in [-0.4, -0.2) is 32.4 Å². The first-order valence-electron chi connectivity index (χ1n) is 11.3. The van der Waals surface area contributed by atoms with Gasteiger partial charge < -0.3 is 14.8 Å². The summed E-state index contributed by atoms with van der Waals surface area (Å²) in [5.74, 6) is -0.0610. The first-order valence-corrected chi connectivity index (χ1v) is 11.3. The minimum absolute atomic E-state index is 0.0473. The maximum Gasteiger partial charge on any atom is 0.266 e. The van der Waals surface area contributed by atoms with Crippen LogP contribution in [0.25, 0.3) is 11.0 Å². The average Bonchev–Trinajstić information content (AvgIpc) is 3.18. The van der Waals surface area contributed by atoms with Crippen molar-refractivity contribution in [3.05, 3.63) is 88.6 Å². The van der Waals surface area contributed by atoms with Gasteiger partial charge in [0.25, 0.3) is 6.43 Å². The van der Waals surface area contributed by atoms with Gasteiger partial charge in [0.05, 0.1) is 23.0 Å². The van der Waals surface area contributed by atoms with E-state index in [0.29, 0.717) is 22.7 Å². The molecule has 1 amide bonds. The van der Waals surface area contributed by atoms with E-state index in [1.54, 1.807) is 25.8 Å². The van der Waals surface area contributed by atoms with Crippen LogP contribution in [0.1, 0.15) is 53.6 Å². The Kier molecular flexibility index (Phi) is 5.70. The molecule has 0 aliphatic carbocycles. The van der Waals surface area contributed by atoms with E-state index in [0.717, 1.165) is 17.3 Å². The molecule has 0 radical (unpaired) electrons. The van der Waals surface area contributed by atoms with E-state index in [2.05, 4.69) is 15.3 Å². The Balaban J connectivity index is 1.61. The van der Waals surface area contributed by atoms with Crippen molar-refractivity contribution >= 4 is 22.8 Å². The highest BCUT2D eigenvalue weighted by molar-refractivity contribution is 5.91. The highest BCUT2D eigenvalue weighted by Crippen LogP contribution is 2.38. The summed E-state index contributed by atoms with van der Waals surface area (Å²) in [6, 6.07) is 14.7. The zero-order valence-corrected chi connectivity index (χ0v) is 19.5. The number of rotatable bonds is 5. The summed E-state index contributed by atoms with van der Waals surface area (Å²) in [4.78, 5) is 23.7. The summed E-state index contributed by atoms with van der Waals surface area (Å²) in [6.45, 7) is 3.56. The molecule has 180 valence electrons. The number of carbonyl (C=O) groups excluding carboxylic acids is 1. The number of aromatic nitrogens is 3. The van der Waals surface area contributed by atoms with Crippen LogP contribution in [0.4, 0.5) is 19.0 Å². The zero-order valence-electron chi connectivity index (χ0n) is 19.5. The number of benzene rings is 2. The van der Waals surface area contributed by atoms with Gasteiger partial charge in [-0.25, -0.2) is 23.1 Å². The lowest BCUT2D eigenvalue weighted by Crippen LogP contribution is -2.40. The molecule has 6 nitrogen and oxygen atoms in total. The summed E-state index contributed by atoms with van der Waals surface area (Å²) in [5, 5.41) is 3.86. The van der Waals surface area contributed by atoms with Crippen molar-refractivity contribution in [1.82, 2.24) is 19.4 Å². The third-order valence-corrected chi connectivity index (χ3v) is 6.48. The topological polar surface area (TPSA) is 63.1 Å². The molecule has 0 bridgehead atoms. The molecule has 1 N–H and O–H groups in total. The van der Waals surface area contributed by atoms with E-state index in [4.69, 9.17) is 0 Å². The molecule has 2 aromatic heterocycles. The highest BCUT2D eigenvalue weighted by atomic mass is 19.3. The molecular formula is C26H24F3N5O. The molecule has 5 rings (SSSR count). The molecular weight excluding hydrogens is 455 g/mol. The third kappa shape index (κ3) is 3.90. The van der Waals surface area contributed by atoms with Crippen molar-refractivity contribution in [3.8, 4) is 0 Å². The maximum absolute atomic E-state index is 14.8. The van der Waals surface area contributed by atoms with Crippen molar-refractivity contribution in [2.45, 2.75) is 38.9 Å². The van der Waals surface area contributed by atoms with Gasteiger partial charge in [-0.2, -0.15) is 0 Å². The highest BCUT2D eigenvalue weighted by Gasteiger charge is 2.34. The van der Waals surface area contributed by atoms with Gasteiger partial charge in [0.2, 0.25) is 5.91 Å². The van der Waals surface area contributed by atoms with Gasteiger partial charge >= 0.3 is 0 Å². The van der Waals surface area contributed by atoms with Crippen LogP contribution in [-0.2, 0) is 11.3 Å². The van der Waals surface area contributed by atoms with E-state index >= 15 is 0 Å². The lowest BCUT2D eigenvalue weighted by molar-refractivity contribution is -0.133. The number of hydrogen-bond donors (Lipinski definition) is 1. The molecule has 3 heterocycles. The molecule has 1 aliphatic rings. The molecule has 0 saturated carbocycles. The number of nitrogens with zero attached hydrogens (tertiary/aromatic N) is 4. The summed E-state index contributed by atoms with van der Waals surface area (Å²) in [5.41, 5.74) is 1.92. The van der Waals surface area contributed by atoms with Gasteiger partial charge in [0.1, 0.15) is 29.7 Å². The van der Waals surface area contributed by atoms with Crippen LogP contribution >= 0.6 is 0 Å². The van der Waals surface area contributed by atoms with Gasteiger partial charge in [0, 0.05) is 18.3 Å². The van der Waals surface area contributed by atoms with E-state index in [1.165, 1.54) is 12.1 Å². The summed E-state index contributed by atoms with van der Waals surface area (Å²) < 4.78 is 43.1. The molecule has 2 atom stereocenters. The minimum atomic E-state index is -2.90. The molecule has 9 heteroatoms. The SMILES string of the molecule is Cc1nc(N[C@H](C)c2cccc(C(F)F)c2F)c2cc3n(c2n1)CC(=O)N(C)C3c1ccccc1. The van der Waals surface area contributed by atoms with Crippen molar-refractivity contribution in [2.24, 2.45) is 0 Å². The van der Waals surface area contributed by atoms with Gasteiger partial charge in [-0.1, -0.05) is 48.5 Å². The van der Waals surface area contributed by atoms with Crippen LogP contribution in [0.5, 0.6) is 0 Å². The fourth-order valence-corrected chi connectivity index (χ4v) is 4.73. The quantitative estimate of drug-likeness (QED) is 0.408. The third-order valence-electron chi connectivity index (χ3n) is 6.48. The second-order valence-electron chi connectivity index (χ2n) is 8.75. The fourth-order valence-electron chi connectivity index (χ4n) is 4.73. The number of aryl methyl sites for hydroxylation is 1. The predicted octanol–water partition coefficient (Wildman–Crippen LogP) is 5.55. The van der Waals surface area contributed by atoms with Gasteiger partial charge in [-0.05, 0) is 25.5 Å². The predicted molar refractivity (Wildman–Crippen MR) is 127 cm³/mol. The number of halogens is 3. The first kappa shape index (κ1) is 22.9. The minimum Gasteiger partial charge on any atom is -0.363 e. The molecule has 0 saturated heterocycles. The second-order valence-corrected chi connectivity index (χ2v) is 8.75. The van der Waals surface area contributed by atoms with E-state index in [1.807, 2.05) is 41.0 Å². The number of amides is 1. The molecule has 35 heavy (non-hydrogen) atoms. The molecule has 0 spiro atoms. The molecule has 0 fully saturated rings. The number of alkyl halides is 2. The van der Waals surface area contributed by atoms with Gasteiger partial charge in [-0.15, -0.1) is 0 Å². The molecule has 4 aromatic rings. The van der Waals surface area contributed by atoms with Crippen molar-refractivity contribution in [3.63, 3.8) is 0 Å². The zero-order chi connectivity index (χ0) is 24.9. The Bertz CT molecular complexity index is 1420. The molecule has 1 aliphatic heterocycles. The summed E-state index contributed by atoms with van der Waals surface area (Å²) in [6.07, 6.45) is -2.90. The standard InChI is InChI=1S/C26H24F3N5O/c1-14(17-10-7-11-18(22(17)27)24(28)29)30-25-19-12-20-23(16-8-5-4-6-9-16)33(3)21(35)13-34(20)26(19)32-15(2)31-25/h4-12,14,23-24H,13H2,1-3H3,(H,30,31,32)/t14-,23?/m1/s1. The average molecular weight is 480 g/mol. The van der Waals surface area contributed by atoms with Crippen LogP contribution in [0.15, 0.2) is 54.6 Å². The summed E-state index contributed by atoms with van der Waals surface area (Å²) in [7, 11) is 1.78. The normalized spacial score (nSPS) is 16.6. The van der Waals surface area contributed by atoms with Crippen LogP contribution in [0, 0.1) is 12.7 Å². The van der Waals surface area contributed by atoms with Crippen molar-refractivity contribution < 1.29 is 18.0 Å². The fraction of sp³-hybridized carbons (Fsp3) is 0.269. The van der Waals surface area contributed by atoms with Gasteiger partial charge in [-0.3, -0.25) is 4.79 Å². The first-order chi connectivity index (χ1) is 16.8. The summed E-state index contributed by atoms with van der Waals surface area (Å²) >= 11 is 0. The van der Waals surface area contributed by atoms with E-state index in [9.17, 15) is 18.0 Å². The number of likely N-dealkylation sites (N-methyl/N-ethyl adjacent to an activating group) is 1. The Morgan fingerprint density at radius 3 is 2.49 bits per heavy atom.